The molecule has 1 aliphatic rings. The number of carbonyl (C=O) groups is 1. The number of aromatic nitrogens is 2. The Labute approximate surface area is 184 Å². The Morgan fingerprint density at radius 3 is 2.75 bits per heavy atom. The van der Waals surface area contributed by atoms with Crippen molar-refractivity contribution in [2.75, 3.05) is 6.54 Å². The smallest absolute Gasteiger partial charge is 0.387 e. The van der Waals surface area contributed by atoms with Crippen molar-refractivity contribution in [2.45, 2.75) is 44.8 Å². The number of H-pyrrole nitrogens is 1. The average molecular weight is 443 g/mol. The van der Waals surface area contributed by atoms with E-state index in [9.17, 15) is 18.0 Å². The molecule has 2 aromatic carbocycles. The summed E-state index contributed by atoms with van der Waals surface area (Å²) >= 11 is 0. The second-order valence-electron chi connectivity index (χ2n) is 7.81. The van der Waals surface area contributed by atoms with Crippen molar-refractivity contribution in [3.63, 3.8) is 0 Å². The summed E-state index contributed by atoms with van der Waals surface area (Å²) in [5.74, 6) is 0.497. The number of benzene rings is 2. The van der Waals surface area contributed by atoms with Gasteiger partial charge in [-0.25, -0.2) is 9.37 Å². The first-order valence-electron chi connectivity index (χ1n) is 10.6. The molecule has 8 heteroatoms. The van der Waals surface area contributed by atoms with E-state index in [2.05, 4.69) is 14.7 Å². The number of imidazole rings is 1. The van der Waals surface area contributed by atoms with Crippen molar-refractivity contribution in [3.05, 3.63) is 71.9 Å². The number of ether oxygens (including phenoxy) is 1. The van der Waals surface area contributed by atoms with E-state index >= 15 is 0 Å². The van der Waals surface area contributed by atoms with Crippen LogP contribution in [-0.4, -0.2) is 33.9 Å². The molecule has 1 unspecified atom stereocenters. The largest absolute Gasteiger partial charge is 0.435 e. The molecule has 1 saturated heterocycles. The van der Waals surface area contributed by atoms with Crippen molar-refractivity contribution in [1.29, 1.82) is 0 Å². The number of rotatable bonds is 7. The molecule has 5 nitrogen and oxygen atoms in total. The van der Waals surface area contributed by atoms with Crippen LogP contribution in [0.3, 0.4) is 0 Å². The zero-order chi connectivity index (χ0) is 22.5. The van der Waals surface area contributed by atoms with Crippen molar-refractivity contribution in [2.24, 2.45) is 0 Å². The van der Waals surface area contributed by atoms with E-state index in [-0.39, 0.29) is 23.5 Å². The van der Waals surface area contributed by atoms with Gasteiger partial charge in [0.05, 0.1) is 17.9 Å². The van der Waals surface area contributed by atoms with Crippen LogP contribution in [0.15, 0.2) is 54.7 Å². The van der Waals surface area contributed by atoms with Crippen molar-refractivity contribution < 1.29 is 22.7 Å². The Hall–Kier alpha value is -3.29. The molecule has 1 fully saturated rings. The van der Waals surface area contributed by atoms with Crippen LogP contribution >= 0.6 is 0 Å². The summed E-state index contributed by atoms with van der Waals surface area (Å²) in [6, 6.07) is 12.5. The minimum atomic E-state index is -2.86. The van der Waals surface area contributed by atoms with E-state index in [1.54, 1.807) is 24.4 Å². The van der Waals surface area contributed by atoms with E-state index in [0.29, 0.717) is 36.5 Å². The fraction of sp³-hybridized carbons (Fsp3) is 0.333. The van der Waals surface area contributed by atoms with Gasteiger partial charge in [-0.1, -0.05) is 24.3 Å². The number of hydrogen-bond donors (Lipinski definition) is 1. The minimum absolute atomic E-state index is 0.0197. The van der Waals surface area contributed by atoms with E-state index < -0.39 is 6.61 Å². The summed E-state index contributed by atoms with van der Waals surface area (Å²) in [7, 11) is 0. The first-order valence-corrected chi connectivity index (χ1v) is 10.6. The summed E-state index contributed by atoms with van der Waals surface area (Å²) in [5.41, 5.74) is 2.29. The molecular weight excluding hydrogens is 419 g/mol. The number of nitrogens with one attached hydrogen (secondary N) is 1. The Morgan fingerprint density at radius 1 is 1.19 bits per heavy atom. The highest BCUT2D eigenvalue weighted by atomic mass is 19.3. The second-order valence-corrected chi connectivity index (χ2v) is 7.81. The lowest BCUT2D eigenvalue weighted by Gasteiger charge is -2.34. The van der Waals surface area contributed by atoms with Crippen LogP contribution in [0.25, 0.3) is 11.3 Å². The highest BCUT2D eigenvalue weighted by Crippen LogP contribution is 2.31. The molecule has 0 radical (unpaired) electrons. The third-order valence-electron chi connectivity index (χ3n) is 5.65. The molecule has 1 aromatic heterocycles. The normalized spacial score (nSPS) is 16.4. The molecule has 32 heavy (non-hydrogen) atoms. The summed E-state index contributed by atoms with van der Waals surface area (Å²) in [4.78, 5) is 22.6. The number of aryl methyl sites for hydroxylation is 1. The maximum Gasteiger partial charge on any atom is 0.387 e. The molecule has 0 spiro atoms. The lowest BCUT2D eigenvalue weighted by atomic mass is 10.00. The van der Waals surface area contributed by atoms with E-state index in [4.69, 9.17) is 0 Å². The topological polar surface area (TPSA) is 58.2 Å². The number of carbonyl (C=O) groups excluding carboxylic acids is 1. The van der Waals surface area contributed by atoms with Gasteiger partial charge in [-0.05, 0) is 55.5 Å². The van der Waals surface area contributed by atoms with Crippen LogP contribution in [0.4, 0.5) is 13.2 Å². The lowest BCUT2D eigenvalue weighted by molar-refractivity contribution is -0.135. The van der Waals surface area contributed by atoms with Gasteiger partial charge in [-0.3, -0.25) is 4.79 Å². The van der Waals surface area contributed by atoms with Crippen LogP contribution in [0, 0.1) is 5.82 Å². The second kappa shape index (κ2) is 9.89. The number of likely N-dealkylation sites (tertiary alicyclic amines) is 1. The third-order valence-corrected chi connectivity index (χ3v) is 5.65. The first kappa shape index (κ1) is 21.9. The van der Waals surface area contributed by atoms with Gasteiger partial charge in [0.2, 0.25) is 5.91 Å². The molecule has 2 heterocycles. The summed E-state index contributed by atoms with van der Waals surface area (Å²) in [5, 5.41) is 0. The Bertz CT molecular complexity index is 1050. The van der Waals surface area contributed by atoms with Gasteiger partial charge in [0.15, 0.2) is 0 Å². The van der Waals surface area contributed by atoms with Gasteiger partial charge in [-0.15, -0.1) is 0 Å². The van der Waals surface area contributed by atoms with Crippen LogP contribution < -0.4 is 4.74 Å². The number of piperidine rings is 1. The Morgan fingerprint density at radius 2 is 2.00 bits per heavy atom. The molecule has 0 saturated carbocycles. The maximum absolute atomic E-state index is 13.6. The van der Waals surface area contributed by atoms with E-state index in [0.717, 1.165) is 24.8 Å². The highest BCUT2D eigenvalue weighted by Gasteiger charge is 2.29. The van der Waals surface area contributed by atoms with Crippen LogP contribution in [-0.2, 0) is 11.2 Å². The van der Waals surface area contributed by atoms with Gasteiger partial charge in [0, 0.05) is 18.5 Å². The number of amides is 1. The quantitative estimate of drug-likeness (QED) is 0.524. The number of alkyl halides is 2. The molecular formula is C24H24F3N3O2. The maximum atomic E-state index is 13.6. The van der Waals surface area contributed by atoms with Crippen molar-refractivity contribution >= 4 is 5.91 Å². The minimum Gasteiger partial charge on any atom is -0.435 e. The molecule has 1 N–H and O–H groups in total. The van der Waals surface area contributed by atoms with E-state index in [1.807, 2.05) is 11.0 Å². The van der Waals surface area contributed by atoms with Crippen LogP contribution in [0.1, 0.15) is 43.1 Å². The lowest BCUT2D eigenvalue weighted by Crippen LogP contribution is -2.39. The fourth-order valence-corrected chi connectivity index (χ4v) is 4.06. The SMILES string of the molecule is O=C(CCc1ccc(OC(F)F)cc1)N1CCCCC1c1ncc(-c2cccc(F)c2)[nH]1. The van der Waals surface area contributed by atoms with Gasteiger partial charge in [0.1, 0.15) is 17.4 Å². The van der Waals surface area contributed by atoms with Gasteiger partial charge < -0.3 is 14.6 Å². The number of nitrogens with zero attached hydrogens (tertiary/aromatic N) is 2. The number of halogens is 3. The van der Waals surface area contributed by atoms with Crippen molar-refractivity contribution in [1.82, 2.24) is 14.9 Å². The monoisotopic (exact) mass is 443 g/mol. The summed E-state index contributed by atoms with van der Waals surface area (Å²) < 4.78 is 42.5. The Balaban J connectivity index is 1.41. The van der Waals surface area contributed by atoms with Crippen molar-refractivity contribution in [3.8, 4) is 17.0 Å². The zero-order valence-corrected chi connectivity index (χ0v) is 17.4. The third kappa shape index (κ3) is 5.30. The van der Waals surface area contributed by atoms with E-state index in [1.165, 1.54) is 24.3 Å². The molecule has 168 valence electrons. The molecule has 0 aliphatic carbocycles. The molecule has 0 bridgehead atoms. The van der Waals surface area contributed by atoms with Crippen LogP contribution in [0.2, 0.25) is 0 Å². The standard InChI is InChI=1S/C24H24F3N3O2/c25-18-5-3-4-17(14-18)20-15-28-23(29-20)21-6-1-2-13-30(21)22(31)12-9-16-7-10-19(11-8-16)32-24(26)27/h3-5,7-8,10-11,14-15,21,24H,1-2,6,9,12-13H2,(H,28,29). The molecule has 1 atom stereocenters. The molecule has 3 aromatic rings. The number of hydrogen-bond acceptors (Lipinski definition) is 3. The highest BCUT2D eigenvalue weighted by molar-refractivity contribution is 5.77. The fourth-order valence-electron chi connectivity index (χ4n) is 4.06. The summed E-state index contributed by atoms with van der Waals surface area (Å²) in [6.45, 7) is -2.21. The molecule has 1 aliphatic heterocycles. The summed E-state index contributed by atoms with van der Waals surface area (Å²) in [6.07, 6.45) is 5.22. The average Bonchev–Trinajstić information content (AvgIpc) is 3.28. The zero-order valence-electron chi connectivity index (χ0n) is 17.4. The first-order chi connectivity index (χ1) is 15.5. The van der Waals surface area contributed by atoms with Gasteiger partial charge in [-0.2, -0.15) is 8.78 Å². The van der Waals surface area contributed by atoms with Crippen LogP contribution in [0.5, 0.6) is 5.75 Å². The molecule has 1 amide bonds. The Kier molecular flexibility index (Phi) is 6.78. The van der Waals surface area contributed by atoms with Gasteiger partial charge in [0.25, 0.3) is 0 Å². The predicted molar refractivity (Wildman–Crippen MR) is 114 cm³/mol. The van der Waals surface area contributed by atoms with Gasteiger partial charge >= 0.3 is 6.61 Å². The number of aromatic amines is 1. The predicted octanol–water partition coefficient (Wildman–Crippen LogP) is 5.50. The molecule has 4 rings (SSSR count).